The number of para-hydroxylation sites is 6. The van der Waals surface area contributed by atoms with E-state index in [1.807, 2.05) is 0 Å². The Morgan fingerprint density at radius 1 is 0.211 bits per heavy atom. The van der Waals surface area contributed by atoms with Gasteiger partial charge in [0.15, 0.2) is 0 Å². The summed E-state index contributed by atoms with van der Waals surface area (Å²) in [6.07, 6.45) is 1.86. The Labute approximate surface area is 410 Å². The van der Waals surface area contributed by atoms with E-state index in [0.717, 1.165) is 18.5 Å². The van der Waals surface area contributed by atoms with E-state index >= 15 is 0 Å². The molecule has 0 unspecified atom stereocenters. The molecule has 0 spiro atoms. The van der Waals surface area contributed by atoms with E-state index in [2.05, 4.69) is 250 Å². The van der Waals surface area contributed by atoms with Gasteiger partial charge in [0, 0.05) is 49.4 Å². The second kappa shape index (κ2) is 14.7. The summed E-state index contributed by atoms with van der Waals surface area (Å²) in [5.74, 6) is 0. The lowest BCUT2D eigenvalue weighted by Crippen LogP contribution is -1.96. The maximum atomic E-state index is 2.47. The van der Waals surface area contributed by atoms with Gasteiger partial charge in [-0.15, -0.1) is 0 Å². The van der Waals surface area contributed by atoms with Crippen LogP contribution in [0.5, 0.6) is 0 Å². The molecule has 3 aromatic heterocycles. The smallest absolute Gasteiger partial charge is 0.0541 e. The lowest BCUT2D eigenvalue weighted by Gasteiger charge is -2.16. The molecule has 14 aromatic rings. The molecule has 0 radical (unpaired) electrons. The molecule has 330 valence electrons. The third-order valence-corrected chi connectivity index (χ3v) is 15.8. The molecule has 71 heavy (non-hydrogen) atoms. The third kappa shape index (κ3) is 5.66. The van der Waals surface area contributed by atoms with Crippen LogP contribution in [0, 0.1) is 0 Å². The van der Waals surface area contributed by atoms with Gasteiger partial charge in [0.05, 0.1) is 33.1 Å². The Hall–Kier alpha value is -9.18. The summed E-state index contributed by atoms with van der Waals surface area (Å²) in [5.41, 5.74) is 26.5. The molecule has 0 saturated carbocycles. The summed E-state index contributed by atoms with van der Waals surface area (Å²) in [6.45, 7) is 0. The zero-order valence-corrected chi connectivity index (χ0v) is 38.8. The van der Waals surface area contributed by atoms with Gasteiger partial charge in [-0.2, -0.15) is 0 Å². The van der Waals surface area contributed by atoms with Crippen LogP contribution in [0.3, 0.4) is 0 Å². The standard InChI is InChI=1S/C68H43N3/c1-7-19-63-53(13-1)54-14-2-8-20-64(54)69(63)50-31-29-46-33-44-27-25-42(38-59(44)61(46)40-50)48-35-49(37-52(36-48)71-67-23-11-5-17-57(67)58-18-6-12-24-68(58)71)43-26-28-45-34-47-30-32-51(41-62(47)60(45)39-43)70-65-21-9-3-15-55(65)56-16-4-10-22-66(56)70/h1-32,35-41H,33-34H2. The number of hydrogen-bond donors (Lipinski definition) is 0. The van der Waals surface area contributed by atoms with Crippen molar-refractivity contribution in [3.8, 4) is 61.6 Å². The zero-order valence-electron chi connectivity index (χ0n) is 38.8. The van der Waals surface area contributed by atoms with Crippen molar-refractivity contribution in [1.82, 2.24) is 13.7 Å². The molecule has 11 aromatic carbocycles. The molecular weight excluding hydrogens is 859 g/mol. The fourth-order valence-corrected chi connectivity index (χ4v) is 12.6. The van der Waals surface area contributed by atoms with Crippen LogP contribution in [0.25, 0.3) is 127 Å². The zero-order chi connectivity index (χ0) is 46.3. The van der Waals surface area contributed by atoms with Crippen molar-refractivity contribution in [3.63, 3.8) is 0 Å². The van der Waals surface area contributed by atoms with Crippen molar-refractivity contribution >= 4 is 65.4 Å². The normalized spacial score (nSPS) is 12.7. The topological polar surface area (TPSA) is 14.8 Å². The van der Waals surface area contributed by atoms with Gasteiger partial charge in [-0.1, -0.05) is 146 Å². The number of rotatable bonds is 5. The highest BCUT2D eigenvalue weighted by Crippen LogP contribution is 2.45. The lowest BCUT2D eigenvalue weighted by atomic mass is 9.93. The van der Waals surface area contributed by atoms with Crippen molar-refractivity contribution in [2.45, 2.75) is 12.8 Å². The Morgan fingerprint density at radius 3 is 0.831 bits per heavy atom. The van der Waals surface area contributed by atoms with Gasteiger partial charge in [-0.25, -0.2) is 0 Å². The number of benzene rings is 11. The van der Waals surface area contributed by atoms with E-state index in [9.17, 15) is 0 Å². The van der Waals surface area contributed by atoms with Gasteiger partial charge in [-0.05, 0) is 171 Å². The van der Waals surface area contributed by atoms with Crippen LogP contribution >= 0.6 is 0 Å². The molecule has 0 atom stereocenters. The predicted molar refractivity (Wildman–Crippen MR) is 297 cm³/mol. The Morgan fingerprint density at radius 2 is 0.493 bits per heavy atom. The molecule has 0 bridgehead atoms. The number of aromatic nitrogens is 3. The summed E-state index contributed by atoms with van der Waals surface area (Å²) in [4.78, 5) is 0. The predicted octanol–water partition coefficient (Wildman–Crippen LogP) is 17.5. The van der Waals surface area contributed by atoms with Gasteiger partial charge < -0.3 is 13.7 Å². The van der Waals surface area contributed by atoms with Crippen molar-refractivity contribution < 1.29 is 0 Å². The van der Waals surface area contributed by atoms with E-state index in [1.165, 1.54) is 144 Å². The quantitative estimate of drug-likeness (QED) is 0.163. The van der Waals surface area contributed by atoms with Crippen molar-refractivity contribution in [3.05, 3.63) is 259 Å². The van der Waals surface area contributed by atoms with Crippen molar-refractivity contribution in [1.29, 1.82) is 0 Å². The van der Waals surface area contributed by atoms with Crippen LogP contribution in [-0.4, -0.2) is 13.7 Å². The van der Waals surface area contributed by atoms with Crippen LogP contribution in [-0.2, 0) is 12.8 Å². The van der Waals surface area contributed by atoms with E-state index in [-0.39, 0.29) is 0 Å². The van der Waals surface area contributed by atoms with Gasteiger partial charge in [-0.3, -0.25) is 0 Å². The van der Waals surface area contributed by atoms with Gasteiger partial charge in [0.2, 0.25) is 0 Å². The van der Waals surface area contributed by atoms with E-state index in [1.54, 1.807) is 0 Å². The highest BCUT2D eigenvalue weighted by Gasteiger charge is 2.24. The molecule has 0 fully saturated rings. The average molecular weight is 902 g/mol. The summed E-state index contributed by atoms with van der Waals surface area (Å²) in [6, 6.07) is 88.7. The summed E-state index contributed by atoms with van der Waals surface area (Å²) in [5, 5.41) is 7.64. The molecule has 0 amide bonds. The minimum absolute atomic E-state index is 0.931. The second-order valence-electron chi connectivity index (χ2n) is 19.7. The van der Waals surface area contributed by atoms with Gasteiger partial charge in [0.25, 0.3) is 0 Å². The van der Waals surface area contributed by atoms with Gasteiger partial charge >= 0.3 is 0 Å². The fourth-order valence-electron chi connectivity index (χ4n) is 12.6. The molecule has 3 heterocycles. The maximum absolute atomic E-state index is 2.47. The molecule has 3 heteroatoms. The molecule has 0 saturated heterocycles. The summed E-state index contributed by atoms with van der Waals surface area (Å²) in [7, 11) is 0. The van der Waals surface area contributed by atoms with Gasteiger partial charge in [0.1, 0.15) is 0 Å². The first-order valence-corrected chi connectivity index (χ1v) is 24.8. The largest absolute Gasteiger partial charge is 0.309 e. The maximum Gasteiger partial charge on any atom is 0.0541 e. The molecule has 2 aliphatic rings. The first-order chi connectivity index (χ1) is 35.2. The Balaban J connectivity index is 0.865. The van der Waals surface area contributed by atoms with E-state index in [4.69, 9.17) is 0 Å². The third-order valence-electron chi connectivity index (χ3n) is 15.8. The van der Waals surface area contributed by atoms with Crippen molar-refractivity contribution in [2.75, 3.05) is 0 Å². The van der Waals surface area contributed by atoms with Crippen LogP contribution in [0.2, 0.25) is 0 Å². The minimum atomic E-state index is 0.931. The van der Waals surface area contributed by atoms with Crippen LogP contribution in [0.1, 0.15) is 22.3 Å². The molecule has 16 rings (SSSR count). The first kappa shape index (κ1) is 38.8. The number of hydrogen-bond acceptors (Lipinski definition) is 0. The number of nitrogens with zero attached hydrogens (tertiary/aromatic N) is 3. The minimum Gasteiger partial charge on any atom is -0.309 e. The molecule has 0 N–H and O–H groups in total. The second-order valence-corrected chi connectivity index (χ2v) is 19.7. The lowest BCUT2D eigenvalue weighted by molar-refractivity contribution is 1.17. The van der Waals surface area contributed by atoms with Crippen molar-refractivity contribution in [2.24, 2.45) is 0 Å². The van der Waals surface area contributed by atoms with E-state index in [0.29, 0.717) is 0 Å². The fraction of sp³-hybridized carbons (Fsp3) is 0.0294. The first-order valence-electron chi connectivity index (χ1n) is 24.8. The summed E-state index contributed by atoms with van der Waals surface area (Å²) < 4.78 is 7.35. The van der Waals surface area contributed by atoms with Crippen LogP contribution in [0.15, 0.2) is 237 Å². The Bertz CT molecular complexity index is 4200. The molecular formula is C68H43N3. The number of fused-ring (bicyclic) bond motifs is 15. The highest BCUT2D eigenvalue weighted by atomic mass is 15.0. The molecule has 0 aliphatic heterocycles. The average Bonchev–Trinajstić information content (AvgIpc) is 4.24. The van der Waals surface area contributed by atoms with Crippen LogP contribution in [0.4, 0.5) is 0 Å². The highest BCUT2D eigenvalue weighted by molar-refractivity contribution is 6.11. The summed E-state index contributed by atoms with van der Waals surface area (Å²) >= 11 is 0. The monoisotopic (exact) mass is 901 g/mol. The molecule has 2 aliphatic carbocycles. The van der Waals surface area contributed by atoms with E-state index < -0.39 is 0 Å². The van der Waals surface area contributed by atoms with Crippen LogP contribution < -0.4 is 0 Å². The Kier molecular flexibility index (Phi) is 8.00. The SMILES string of the molecule is c1ccc2c(c1)c1ccccc1n2-c1cc(-c2ccc3c(c2)-c2cc(-n4c5ccccc5c5ccccc54)ccc2C3)cc(-c2ccc3c(c2)-c2cc(-n4c5ccccc5c5ccccc54)ccc2C3)c1. The molecule has 3 nitrogen and oxygen atoms in total.